The number of sulfone groups is 1. The van der Waals surface area contributed by atoms with E-state index in [1.807, 2.05) is 6.07 Å². The molecule has 8 heteroatoms. The summed E-state index contributed by atoms with van der Waals surface area (Å²) >= 11 is 0. The van der Waals surface area contributed by atoms with Crippen LogP contribution < -0.4 is 0 Å². The summed E-state index contributed by atoms with van der Waals surface area (Å²) in [4.78, 5) is -0.0741. The zero-order valence-corrected chi connectivity index (χ0v) is 15.7. The van der Waals surface area contributed by atoms with Gasteiger partial charge in [-0.3, -0.25) is 0 Å². The highest BCUT2D eigenvalue weighted by Gasteiger charge is 2.24. The van der Waals surface area contributed by atoms with E-state index in [0.29, 0.717) is 11.1 Å². The van der Waals surface area contributed by atoms with Crippen LogP contribution in [0.3, 0.4) is 0 Å². The first-order valence-corrected chi connectivity index (χ1v) is 10.6. The average Bonchev–Trinajstić information content (AvgIpc) is 2.54. The molecule has 0 aromatic heterocycles. The molecule has 0 saturated heterocycles. The minimum absolute atomic E-state index is 0.0356. The Balaban J connectivity index is 2.38. The number of nitrogens with zero attached hydrogens (tertiary/aromatic N) is 2. The quantitative estimate of drug-likeness (QED) is 0.794. The van der Waals surface area contributed by atoms with Crippen LogP contribution in [-0.2, 0) is 26.4 Å². The lowest BCUT2D eigenvalue weighted by molar-refractivity contribution is 0.466. The van der Waals surface area contributed by atoms with Gasteiger partial charge in [0.2, 0.25) is 10.0 Å². The topological polar surface area (TPSA) is 95.3 Å². The fourth-order valence-corrected chi connectivity index (χ4v) is 4.41. The van der Waals surface area contributed by atoms with Gasteiger partial charge >= 0.3 is 0 Å². The molecule has 0 heterocycles. The van der Waals surface area contributed by atoms with Crippen molar-refractivity contribution >= 4 is 19.9 Å². The number of rotatable bonds is 5. The fourth-order valence-electron chi connectivity index (χ4n) is 2.28. The van der Waals surface area contributed by atoms with E-state index < -0.39 is 19.9 Å². The Kier molecular flexibility index (Phi) is 5.32. The summed E-state index contributed by atoms with van der Waals surface area (Å²) < 4.78 is 50.3. The van der Waals surface area contributed by atoms with Crippen LogP contribution in [0.1, 0.15) is 16.7 Å². The SMILES string of the molecule is Cc1ccc(S(C)(=O)=O)cc1S(=O)(=O)N(C)Cc1ccc(C#N)cc1. The highest BCUT2D eigenvalue weighted by molar-refractivity contribution is 7.91. The van der Waals surface area contributed by atoms with Gasteiger partial charge in [0.25, 0.3) is 0 Å². The molecule has 0 unspecified atom stereocenters. The first-order chi connectivity index (χ1) is 11.6. The lowest BCUT2D eigenvalue weighted by Gasteiger charge is -2.19. The van der Waals surface area contributed by atoms with Gasteiger partial charge in [-0.2, -0.15) is 9.57 Å². The first-order valence-electron chi connectivity index (χ1n) is 7.32. The first kappa shape index (κ1) is 19.1. The van der Waals surface area contributed by atoms with E-state index >= 15 is 0 Å². The lowest BCUT2D eigenvalue weighted by Crippen LogP contribution is -2.27. The van der Waals surface area contributed by atoms with Gasteiger partial charge < -0.3 is 0 Å². The lowest BCUT2D eigenvalue weighted by atomic mass is 10.1. The number of hydrogen-bond acceptors (Lipinski definition) is 5. The van der Waals surface area contributed by atoms with Crippen molar-refractivity contribution in [3.05, 3.63) is 59.2 Å². The molecular weight excluding hydrogens is 360 g/mol. The largest absolute Gasteiger partial charge is 0.243 e. The van der Waals surface area contributed by atoms with Crippen LogP contribution in [0.4, 0.5) is 0 Å². The Morgan fingerprint density at radius 2 is 1.64 bits per heavy atom. The number of hydrogen-bond donors (Lipinski definition) is 0. The molecule has 0 aliphatic heterocycles. The third kappa shape index (κ3) is 4.25. The summed E-state index contributed by atoms with van der Waals surface area (Å²) in [6.07, 6.45) is 1.04. The summed E-state index contributed by atoms with van der Waals surface area (Å²) in [7, 11) is -5.94. The molecule has 0 aliphatic rings. The Bertz CT molecular complexity index is 1040. The molecule has 0 fully saturated rings. The van der Waals surface area contributed by atoms with Gasteiger partial charge in [0.1, 0.15) is 0 Å². The molecule has 0 N–H and O–H groups in total. The van der Waals surface area contributed by atoms with Crippen molar-refractivity contribution in [3.63, 3.8) is 0 Å². The molecule has 0 aliphatic carbocycles. The van der Waals surface area contributed by atoms with Gasteiger partial charge in [-0.1, -0.05) is 18.2 Å². The predicted molar refractivity (Wildman–Crippen MR) is 94.1 cm³/mol. The van der Waals surface area contributed by atoms with E-state index in [2.05, 4.69) is 0 Å². The molecular formula is C17H18N2O4S2. The second-order valence-electron chi connectivity index (χ2n) is 5.77. The molecule has 0 saturated carbocycles. The molecule has 0 spiro atoms. The predicted octanol–water partition coefficient (Wildman–Crippen LogP) is 2.09. The molecule has 2 aromatic carbocycles. The van der Waals surface area contributed by atoms with Crippen LogP contribution in [0.25, 0.3) is 0 Å². The maximum atomic E-state index is 12.8. The fraction of sp³-hybridized carbons (Fsp3) is 0.235. The van der Waals surface area contributed by atoms with Gasteiger partial charge in [-0.25, -0.2) is 16.8 Å². The van der Waals surface area contributed by atoms with Crippen LogP contribution >= 0.6 is 0 Å². The van der Waals surface area contributed by atoms with Gasteiger partial charge in [0.05, 0.1) is 21.4 Å². The minimum atomic E-state index is -3.86. The molecule has 25 heavy (non-hydrogen) atoms. The van der Waals surface area contributed by atoms with Crippen molar-refractivity contribution in [1.82, 2.24) is 4.31 Å². The van der Waals surface area contributed by atoms with Crippen LogP contribution in [0.2, 0.25) is 0 Å². The van der Waals surface area contributed by atoms with E-state index in [1.165, 1.54) is 25.2 Å². The molecule has 0 amide bonds. The van der Waals surface area contributed by atoms with E-state index in [1.54, 1.807) is 31.2 Å². The second-order valence-corrected chi connectivity index (χ2v) is 9.80. The maximum Gasteiger partial charge on any atom is 0.243 e. The van der Waals surface area contributed by atoms with E-state index in [0.717, 1.165) is 16.1 Å². The van der Waals surface area contributed by atoms with Crippen LogP contribution in [-0.4, -0.2) is 34.4 Å². The minimum Gasteiger partial charge on any atom is -0.224 e. The van der Waals surface area contributed by atoms with Gasteiger partial charge in [0.15, 0.2) is 9.84 Å². The Morgan fingerprint density at radius 1 is 1.04 bits per heavy atom. The number of aryl methyl sites for hydroxylation is 1. The highest BCUT2D eigenvalue weighted by atomic mass is 32.2. The van der Waals surface area contributed by atoms with E-state index in [-0.39, 0.29) is 16.3 Å². The summed E-state index contributed by atoms with van der Waals surface area (Å²) in [5.41, 5.74) is 1.69. The molecule has 132 valence electrons. The van der Waals surface area contributed by atoms with Crippen molar-refractivity contribution in [2.24, 2.45) is 0 Å². The van der Waals surface area contributed by atoms with Crippen LogP contribution in [0.5, 0.6) is 0 Å². The van der Waals surface area contributed by atoms with Crippen molar-refractivity contribution in [1.29, 1.82) is 5.26 Å². The molecule has 6 nitrogen and oxygen atoms in total. The Morgan fingerprint density at radius 3 is 2.16 bits per heavy atom. The third-order valence-electron chi connectivity index (χ3n) is 3.76. The Labute approximate surface area is 148 Å². The smallest absolute Gasteiger partial charge is 0.224 e. The third-order valence-corrected chi connectivity index (χ3v) is 6.82. The van der Waals surface area contributed by atoms with Crippen molar-refractivity contribution in [2.45, 2.75) is 23.3 Å². The zero-order valence-electron chi connectivity index (χ0n) is 14.1. The summed E-state index contributed by atoms with van der Waals surface area (Å²) in [5, 5.41) is 8.81. The highest BCUT2D eigenvalue weighted by Crippen LogP contribution is 2.24. The van der Waals surface area contributed by atoms with Gasteiger partial charge in [0, 0.05) is 19.8 Å². The van der Waals surface area contributed by atoms with E-state index in [9.17, 15) is 16.8 Å². The van der Waals surface area contributed by atoms with E-state index in [4.69, 9.17) is 5.26 Å². The standard InChI is InChI=1S/C17H18N2O4S2/c1-13-4-9-16(24(3,20)21)10-17(13)25(22,23)19(2)12-15-7-5-14(11-18)6-8-15/h4-10H,12H2,1-3H3. The Hall–Kier alpha value is -2.21. The van der Waals surface area contributed by atoms with Gasteiger partial charge in [-0.15, -0.1) is 0 Å². The normalized spacial score (nSPS) is 12.1. The van der Waals surface area contributed by atoms with Gasteiger partial charge in [-0.05, 0) is 42.3 Å². The molecule has 2 aromatic rings. The van der Waals surface area contributed by atoms with Crippen LogP contribution in [0, 0.1) is 18.3 Å². The summed E-state index contributed by atoms with van der Waals surface area (Å²) in [5.74, 6) is 0. The maximum absolute atomic E-state index is 12.8. The number of nitriles is 1. The number of benzene rings is 2. The van der Waals surface area contributed by atoms with Crippen LogP contribution in [0.15, 0.2) is 52.3 Å². The summed E-state index contributed by atoms with van der Waals surface area (Å²) in [6.45, 7) is 1.73. The zero-order chi connectivity index (χ0) is 18.8. The molecule has 0 atom stereocenters. The molecule has 2 rings (SSSR count). The monoisotopic (exact) mass is 378 g/mol. The van der Waals surface area contributed by atoms with Crippen molar-refractivity contribution in [2.75, 3.05) is 13.3 Å². The molecule has 0 radical (unpaired) electrons. The average molecular weight is 378 g/mol. The second kappa shape index (κ2) is 6.96. The van der Waals surface area contributed by atoms with Crippen molar-refractivity contribution in [3.8, 4) is 6.07 Å². The van der Waals surface area contributed by atoms with Crippen molar-refractivity contribution < 1.29 is 16.8 Å². The summed E-state index contributed by atoms with van der Waals surface area (Å²) in [6, 6.07) is 12.7. The number of sulfonamides is 1. The molecule has 0 bridgehead atoms.